The molecular formula is C35H61NO6. The van der Waals surface area contributed by atoms with Gasteiger partial charge in [-0.25, -0.2) is 0 Å². The Morgan fingerprint density at radius 3 is 1.76 bits per heavy atom. The molecule has 0 rings (SSSR count). The normalized spacial score (nSPS) is 14.0. The standard InChI is InChI=1S/C35H61NO6/c1-5-6-7-8-9-10-11-12-13-14-15-16-17-18-19-20-21-22-23-24-25-26-27-34(38)42-31-32(37)30-41-29-28-33(35(39)40)36(2,3)4/h6-7,9-10,12-13,15-16,32-33,37H,5,8,11,14,17-31H2,1-4H3/b7-6+,10-9+,13-12+,16-15+. The van der Waals surface area contributed by atoms with Crippen LogP contribution in [0.3, 0.4) is 0 Å². The average Bonchev–Trinajstić information content (AvgIpc) is 2.93. The van der Waals surface area contributed by atoms with Crippen LogP contribution in [-0.4, -0.2) is 74.6 Å². The molecule has 0 heterocycles. The maximum absolute atomic E-state index is 11.9. The van der Waals surface area contributed by atoms with Gasteiger partial charge in [0.1, 0.15) is 18.8 Å². The number of allylic oxidation sites excluding steroid dienone is 8. The van der Waals surface area contributed by atoms with E-state index in [-0.39, 0.29) is 36.7 Å². The van der Waals surface area contributed by atoms with Crippen LogP contribution in [0.15, 0.2) is 48.6 Å². The fraction of sp³-hybridized carbons (Fsp3) is 0.714. The van der Waals surface area contributed by atoms with Crippen molar-refractivity contribution in [3.8, 4) is 0 Å². The van der Waals surface area contributed by atoms with E-state index in [1.165, 1.54) is 44.9 Å². The molecule has 0 saturated heterocycles. The largest absolute Gasteiger partial charge is 0.544 e. The molecule has 0 saturated carbocycles. The van der Waals surface area contributed by atoms with Crippen molar-refractivity contribution < 1.29 is 33.8 Å². The number of hydrogen-bond acceptors (Lipinski definition) is 6. The lowest BCUT2D eigenvalue weighted by Gasteiger charge is -2.34. The molecule has 1 N–H and O–H groups in total. The number of rotatable bonds is 28. The van der Waals surface area contributed by atoms with E-state index >= 15 is 0 Å². The topological polar surface area (TPSA) is 95.9 Å². The van der Waals surface area contributed by atoms with Gasteiger partial charge in [0.2, 0.25) is 0 Å². The molecule has 242 valence electrons. The van der Waals surface area contributed by atoms with Gasteiger partial charge in [-0.3, -0.25) is 4.79 Å². The number of quaternary nitrogens is 1. The lowest BCUT2D eigenvalue weighted by molar-refractivity contribution is -0.889. The van der Waals surface area contributed by atoms with Crippen molar-refractivity contribution in [2.45, 2.75) is 122 Å². The molecule has 0 aromatic heterocycles. The second-order valence-electron chi connectivity index (χ2n) is 11.9. The summed E-state index contributed by atoms with van der Waals surface area (Å²) in [4.78, 5) is 23.1. The summed E-state index contributed by atoms with van der Waals surface area (Å²) >= 11 is 0. The number of aliphatic hydroxyl groups excluding tert-OH is 1. The number of aliphatic hydroxyl groups is 1. The highest BCUT2D eigenvalue weighted by Crippen LogP contribution is 2.12. The molecule has 0 aromatic carbocycles. The second kappa shape index (κ2) is 27.6. The van der Waals surface area contributed by atoms with E-state index < -0.39 is 18.1 Å². The van der Waals surface area contributed by atoms with Crippen LogP contribution in [0.5, 0.6) is 0 Å². The Morgan fingerprint density at radius 2 is 1.24 bits per heavy atom. The summed E-state index contributed by atoms with van der Waals surface area (Å²) in [5.74, 6) is -1.42. The van der Waals surface area contributed by atoms with Gasteiger partial charge in [0, 0.05) is 12.8 Å². The maximum Gasteiger partial charge on any atom is 0.305 e. The summed E-state index contributed by atoms with van der Waals surface area (Å²) in [6.07, 6.45) is 33.5. The highest BCUT2D eigenvalue weighted by Gasteiger charge is 2.24. The molecule has 0 radical (unpaired) electrons. The summed E-state index contributed by atoms with van der Waals surface area (Å²) < 4.78 is 10.7. The minimum absolute atomic E-state index is 0.00533. The Labute approximate surface area is 256 Å². The predicted molar refractivity (Wildman–Crippen MR) is 171 cm³/mol. The Kier molecular flexibility index (Phi) is 26.1. The van der Waals surface area contributed by atoms with Crippen LogP contribution in [0, 0.1) is 0 Å². The Balaban J connectivity index is 3.53. The van der Waals surface area contributed by atoms with Gasteiger partial charge in [-0.05, 0) is 44.9 Å². The summed E-state index contributed by atoms with van der Waals surface area (Å²) in [7, 11) is 5.35. The van der Waals surface area contributed by atoms with E-state index in [0.717, 1.165) is 44.9 Å². The zero-order chi connectivity index (χ0) is 31.3. The van der Waals surface area contributed by atoms with E-state index in [2.05, 4.69) is 55.5 Å². The van der Waals surface area contributed by atoms with Gasteiger partial charge < -0.3 is 29.0 Å². The van der Waals surface area contributed by atoms with E-state index in [0.29, 0.717) is 6.42 Å². The highest BCUT2D eigenvalue weighted by atomic mass is 16.5. The number of esters is 1. The highest BCUT2D eigenvalue weighted by molar-refractivity contribution is 5.69. The van der Waals surface area contributed by atoms with Crippen LogP contribution in [0.1, 0.15) is 110 Å². The summed E-state index contributed by atoms with van der Waals surface area (Å²) in [6, 6.07) is -0.688. The van der Waals surface area contributed by atoms with Crippen LogP contribution >= 0.6 is 0 Å². The minimum atomic E-state index is -1.12. The monoisotopic (exact) mass is 591 g/mol. The average molecular weight is 592 g/mol. The number of carbonyl (C=O) groups excluding carboxylic acids is 2. The Hall–Kier alpha value is -2.22. The first-order valence-electron chi connectivity index (χ1n) is 16.2. The summed E-state index contributed by atoms with van der Waals surface area (Å²) in [5.41, 5.74) is 0. The van der Waals surface area contributed by atoms with Crippen molar-refractivity contribution in [1.29, 1.82) is 0 Å². The number of carbonyl (C=O) groups is 2. The van der Waals surface area contributed by atoms with Gasteiger partial charge in [-0.1, -0.05) is 100 Å². The van der Waals surface area contributed by atoms with Crippen molar-refractivity contribution in [2.24, 2.45) is 0 Å². The first-order valence-corrected chi connectivity index (χ1v) is 16.2. The zero-order valence-corrected chi connectivity index (χ0v) is 27.1. The molecule has 7 heteroatoms. The van der Waals surface area contributed by atoms with Crippen molar-refractivity contribution in [2.75, 3.05) is 41.0 Å². The van der Waals surface area contributed by atoms with E-state index in [9.17, 15) is 19.8 Å². The van der Waals surface area contributed by atoms with E-state index in [1.807, 2.05) is 0 Å². The molecule has 0 aliphatic heterocycles. The molecule has 0 aromatic rings. The number of nitrogens with zero attached hydrogens (tertiary/aromatic N) is 1. The first kappa shape index (κ1) is 39.8. The van der Waals surface area contributed by atoms with Gasteiger partial charge in [0.05, 0.1) is 40.3 Å². The zero-order valence-electron chi connectivity index (χ0n) is 27.1. The van der Waals surface area contributed by atoms with Gasteiger partial charge in [-0.2, -0.15) is 0 Å². The number of ether oxygens (including phenoxy) is 2. The Bertz CT molecular complexity index is 781. The summed E-state index contributed by atoms with van der Waals surface area (Å²) in [6.45, 7) is 2.22. The molecule has 0 fully saturated rings. The minimum Gasteiger partial charge on any atom is -0.544 e. The molecule has 2 unspecified atom stereocenters. The summed E-state index contributed by atoms with van der Waals surface area (Å²) in [5, 5.41) is 21.2. The third kappa shape index (κ3) is 26.7. The number of hydrogen-bond donors (Lipinski definition) is 1. The molecule has 0 aliphatic carbocycles. The molecule has 0 spiro atoms. The third-order valence-electron chi connectivity index (χ3n) is 6.96. The number of carboxylic acid groups (broad SMARTS) is 1. The predicted octanol–water partition coefficient (Wildman–Crippen LogP) is 6.22. The Morgan fingerprint density at radius 1 is 0.738 bits per heavy atom. The molecule has 0 bridgehead atoms. The van der Waals surface area contributed by atoms with Gasteiger partial charge in [0.15, 0.2) is 0 Å². The molecule has 0 aliphatic rings. The molecular weight excluding hydrogens is 530 g/mol. The molecule has 7 nitrogen and oxygen atoms in total. The van der Waals surface area contributed by atoms with Crippen LogP contribution in [0.25, 0.3) is 0 Å². The number of carboxylic acids is 1. The lowest BCUT2D eigenvalue weighted by Crippen LogP contribution is -2.55. The third-order valence-corrected chi connectivity index (χ3v) is 6.96. The van der Waals surface area contributed by atoms with Crippen molar-refractivity contribution >= 4 is 11.9 Å². The van der Waals surface area contributed by atoms with E-state index in [1.54, 1.807) is 21.1 Å². The first-order chi connectivity index (χ1) is 20.2. The number of unbranched alkanes of at least 4 members (excludes halogenated alkanes) is 9. The van der Waals surface area contributed by atoms with E-state index in [4.69, 9.17) is 9.47 Å². The maximum atomic E-state index is 11.9. The fourth-order valence-electron chi connectivity index (χ4n) is 4.41. The van der Waals surface area contributed by atoms with Gasteiger partial charge >= 0.3 is 5.97 Å². The van der Waals surface area contributed by atoms with Crippen LogP contribution in [-0.2, 0) is 19.1 Å². The lowest BCUT2D eigenvalue weighted by atomic mass is 10.1. The molecule has 2 atom stereocenters. The number of likely N-dealkylation sites (N-methyl/N-ethyl adjacent to an activating group) is 1. The van der Waals surface area contributed by atoms with Crippen molar-refractivity contribution in [3.63, 3.8) is 0 Å². The molecule has 0 amide bonds. The van der Waals surface area contributed by atoms with Crippen LogP contribution in [0.2, 0.25) is 0 Å². The molecule has 42 heavy (non-hydrogen) atoms. The van der Waals surface area contributed by atoms with Gasteiger partial charge in [0.25, 0.3) is 0 Å². The number of aliphatic carboxylic acids is 1. The van der Waals surface area contributed by atoms with Crippen LogP contribution < -0.4 is 5.11 Å². The SMILES string of the molecule is CC/C=C/C/C=C/C/C=C/C/C=C/CCCCCCCCCCCC(=O)OCC(O)COCCC(C(=O)[O-])[N+](C)(C)C. The quantitative estimate of drug-likeness (QED) is 0.0502. The van der Waals surface area contributed by atoms with Crippen molar-refractivity contribution in [3.05, 3.63) is 48.6 Å². The van der Waals surface area contributed by atoms with Crippen LogP contribution in [0.4, 0.5) is 0 Å². The van der Waals surface area contributed by atoms with Crippen molar-refractivity contribution in [1.82, 2.24) is 0 Å². The smallest absolute Gasteiger partial charge is 0.305 e. The fourth-order valence-corrected chi connectivity index (χ4v) is 4.41. The second-order valence-corrected chi connectivity index (χ2v) is 11.9. The van der Waals surface area contributed by atoms with Gasteiger partial charge in [-0.15, -0.1) is 0 Å².